The Labute approximate surface area is 167 Å². The highest BCUT2D eigenvalue weighted by Gasteiger charge is 2.26. The number of hydrogen-bond acceptors (Lipinski definition) is 4. The van der Waals surface area contributed by atoms with E-state index in [9.17, 15) is 9.59 Å². The van der Waals surface area contributed by atoms with Crippen LogP contribution in [-0.4, -0.2) is 66.9 Å². The third kappa shape index (κ3) is 6.79. The van der Waals surface area contributed by atoms with Gasteiger partial charge in [-0.1, -0.05) is 31.0 Å². The lowest BCUT2D eigenvalue weighted by Crippen LogP contribution is -2.54. The molecule has 1 aromatic carbocycles. The summed E-state index contributed by atoms with van der Waals surface area (Å²) in [6, 6.07) is 5.25. The largest absolute Gasteiger partial charge is 0.355 e. The van der Waals surface area contributed by atoms with Gasteiger partial charge in [0, 0.05) is 43.4 Å². The molecule has 0 spiro atoms. The van der Waals surface area contributed by atoms with E-state index in [1.807, 2.05) is 26.0 Å². The lowest BCUT2D eigenvalue weighted by Gasteiger charge is -2.37. The van der Waals surface area contributed by atoms with Crippen LogP contribution in [0.25, 0.3) is 0 Å². The minimum absolute atomic E-state index is 0.0360. The van der Waals surface area contributed by atoms with Gasteiger partial charge in [-0.3, -0.25) is 19.4 Å². The van der Waals surface area contributed by atoms with Crippen molar-refractivity contribution in [3.63, 3.8) is 0 Å². The SMILES string of the molecule is CCCCNC(=O)CN1CCN(C(C)C(=O)Nc2cc(Cl)ccc2C)CC1. The fraction of sp³-hybridized carbons (Fsp3) is 0.600. The molecule has 1 saturated heterocycles. The van der Waals surface area contributed by atoms with Crippen molar-refractivity contribution in [1.29, 1.82) is 0 Å². The van der Waals surface area contributed by atoms with Crippen LogP contribution in [0, 0.1) is 6.92 Å². The second-order valence-corrected chi connectivity index (χ2v) is 7.58. The summed E-state index contributed by atoms with van der Waals surface area (Å²) >= 11 is 6.03. The number of nitrogens with one attached hydrogen (secondary N) is 2. The second-order valence-electron chi connectivity index (χ2n) is 7.14. The zero-order chi connectivity index (χ0) is 19.8. The molecule has 0 aliphatic carbocycles. The van der Waals surface area contributed by atoms with Gasteiger partial charge in [-0.15, -0.1) is 0 Å². The van der Waals surface area contributed by atoms with E-state index in [-0.39, 0.29) is 17.9 Å². The fourth-order valence-electron chi connectivity index (χ4n) is 3.10. The van der Waals surface area contributed by atoms with Crippen molar-refractivity contribution in [3.8, 4) is 0 Å². The topological polar surface area (TPSA) is 64.7 Å². The van der Waals surface area contributed by atoms with Gasteiger partial charge < -0.3 is 10.6 Å². The molecule has 0 radical (unpaired) electrons. The molecule has 6 nitrogen and oxygen atoms in total. The molecule has 0 aromatic heterocycles. The maximum Gasteiger partial charge on any atom is 0.241 e. The van der Waals surface area contributed by atoms with Crippen LogP contribution in [0.4, 0.5) is 5.69 Å². The molecule has 7 heteroatoms. The van der Waals surface area contributed by atoms with Gasteiger partial charge in [0.2, 0.25) is 11.8 Å². The molecular formula is C20H31ClN4O2. The third-order valence-corrected chi connectivity index (χ3v) is 5.25. The zero-order valence-electron chi connectivity index (χ0n) is 16.6. The standard InChI is InChI=1S/C20H31ClN4O2/c1-4-5-8-22-19(26)14-24-9-11-25(12-10-24)16(3)20(27)23-18-13-17(21)7-6-15(18)2/h6-7,13,16H,4-5,8-12,14H2,1-3H3,(H,22,26)(H,23,27). The van der Waals surface area contributed by atoms with Crippen molar-refractivity contribution in [2.75, 3.05) is 44.6 Å². The summed E-state index contributed by atoms with van der Waals surface area (Å²) < 4.78 is 0. The van der Waals surface area contributed by atoms with E-state index in [1.54, 1.807) is 6.07 Å². The number of anilines is 1. The average molecular weight is 395 g/mol. The van der Waals surface area contributed by atoms with Crippen LogP contribution in [0.2, 0.25) is 5.02 Å². The number of halogens is 1. The predicted molar refractivity (Wildman–Crippen MR) is 110 cm³/mol. The van der Waals surface area contributed by atoms with Crippen LogP contribution in [0.3, 0.4) is 0 Å². The lowest BCUT2D eigenvalue weighted by molar-refractivity contribution is -0.124. The van der Waals surface area contributed by atoms with E-state index in [4.69, 9.17) is 11.6 Å². The van der Waals surface area contributed by atoms with Crippen molar-refractivity contribution in [3.05, 3.63) is 28.8 Å². The first-order chi connectivity index (χ1) is 12.9. The summed E-state index contributed by atoms with van der Waals surface area (Å²) in [7, 11) is 0. The number of rotatable bonds is 8. The molecule has 1 aromatic rings. The molecular weight excluding hydrogens is 364 g/mol. The Hall–Kier alpha value is -1.63. The number of carbonyl (C=O) groups excluding carboxylic acids is 2. The molecule has 150 valence electrons. The van der Waals surface area contributed by atoms with Crippen molar-refractivity contribution < 1.29 is 9.59 Å². The normalized spacial score (nSPS) is 16.7. The van der Waals surface area contributed by atoms with Crippen molar-refractivity contribution in [2.24, 2.45) is 0 Å². The molecule has 2 amide bonds. The second kappa shape index (κ2) is 10.6. The fourth-order valence-corrected chi connectivity index (χ4v) is 3.28. The number of unbranched alkanes of at least 4 members (excludes halogenated alkanes) is 1. The number of hydrogen-bond donors (Lipinski definition) is 2. The van der Waals surface area contributed by atoms with Crippen LogP contribution >= 0.6 is 11.6 Å². The first-order valence-electron chi connectivity index (χ1n) is 9.70. The Bertz CT molecular complexity index is 645. The van der Waals surface area contributed by atoms with Gasteiger partial charge >= 0.3 is 0 Å². The molecule has 1 fully saturated rings. The van der Waals surface area contributed by atoms with Crippen LogP contribution in [-0.2, 0) is 9.59 Å². The van der Waals surface area contributed by atoms with Crippen LogP contribution in [0.15, 0.2) is 18.2 Å². The molecule has 1 heterocycles. The van der Waals surface area contributed by atoms with Crippen LogP contribution in [0.1, 0.15) is 32.3 Å². The average Bonchev–Trinajstić information content (AvgIpc) is 2.65. The summed E-state index contributed by atoms with van der Waals surface area (Å²) in [5.74, 6) is 0.0465. The van der Waals surface area contributed by atoms with Gasteiger partial charge in [-0.05, 0) is 38.0 Å². The molecule has 1 atom stereocenters. The number of amides is 2. The summed E-state index contributed by atoms with van der Waals surface area (Å²) in [4.78, 5) is 28.8. The molecule has 27 heavy (non-hydrogen) atoms. The highest BCUT2D eigenvalue weighted by Crippen LogP contribution is 2.20. The number of nitrogens with zero attached hydrogens (tertiary/aromatic N) is 2. The van der Waals surface area contributed by atoms with Crippen molar-refractivity contribution in [2.45, 2.75) is 39.7 Å². The van der Waals surface area contributed by atoms with E-state index in [1.165, 1.54) is 0 Å². The van der Waals surface area contributed by atoms with Crippen LogP contribution < -0.4 is 10.6 Å². The minimum atomic E-state index is -0.232. The first kappa shape index (κ1) is 21.7. The maximum atomic E-state index is 12.6. The molecule has 0 saturated carbocycles. The smallest absolute Gasteiger partial charge is 0.241 e. The zero-order valence-corrected chi connectivity index (χ0v) is 17.3. The van der Waals surface area contributed by atoms with E-state index >= 15 is 0 Å². The van der Waals surface area contributed by atoms with Crippen molar-refractivity contribution >= 4 is 29.1 Å². The lowest BCUT2D eigenvalue weighted by atomic mass is 10.1. The van der Waals surface area contributed by atoms with Gasteiger partial charge in [0.15, 0.2) is 0 Å². The van der Waals surface area contributed by atoms with Gasteiger partial charge in [-0.2, -0.15) is 0 Å². The Kier molecular flexibility index (Phi) is 8.54. The number of benzene rings is 1. The summed E-state index contributed by atoms with van der Waals surface area (Å²) in [6.07, 6.45) is 2.09. The highest BCUT2D eigenvalue weighted by atomic mass is 35.5. The van der Waals surface area contributed by atoms with E-state index in [0.29, 0.717) is 11.6 Å². The molecule has 2 rings (SSSR count). The predicted octanol–water partition coefficient (Wildman–Crippen LogP) is 2.51. The molecule has 1 aliphatic heterocycles. The van der Waals surface area contributed by atoms with Gasteiger partial charge in [0.1, 0.15) is 0 Å². The molecule has 2 N–H and O–H groups in total. The number of carbonyl (C=O) groups is 2. The van der Waals surface area contributed by atoms with E-state index in [2.05, 4.69) is 27.4 Å². The third-order valence-electron chi connectivity index (χ3n) is 5.01. The van der Waals surface area contributed by atoms with Gasteiger partial charge in [-0.25, -0.2) is 0 Å². The minimum Gasteiger partial charge on any atom is -0.355 e. The Morgan fingerprint density at radius 3 is 2.59 bits per heavy atom. The maximum absolute atomic E-state index is 12.6. The first-order valence-corrected chi connectivity index (χ1v) is 10.1. The monoisotopic (exact) mass is 394 g/mol. The summed E-state index contributed by atoms with van der Waals surface area (Å²) in [5, 5.41) is 6.53. The Morgan fingerprint density at radius 2 is 1.93 bits per heavy atom. The summed E-state index contributed by atoms with van der Waals surface area (Å²) in [6.45, 7) is 10.3. The van der Waals surface area contributed by atoms with E-state index < -0.39 is 0 Å². The number of aryl methyl sites for hydroxylation is 1. The Balaban J connectivity index is 1.78. The van der Waals surface area contributed by atoms with E-state index in [0.717, 1.165) is 56.8 Å². The molecule has 1 unspecified atom stereocenters. The van der Waals surface area contributed by atoms with Gasteiger partial charge in [0.25, 0.3) is 0 Å². The number of piperazine rings is 1. The molecule has 1 aliphatic rings. The summed E-state index contributed by atoms with van der Waals surface area (Å²) in [5.41, 5.74) is 1.74. The van der Waals surface area contributed by atoms with Crippen LogP contribution in [0.5, 0.6) is 0 Å². The molecule has 0 bridgehead atoms. The highest BCUT2D eigenvalue weighted by molar-refractivity contribution is 6.31. The van der Waals surface area contributed by atoms with Crippen molar-refractivity contribution in [1.82, 2.24) is 15.1 Å². The Morgan fingerprint density at radius 1 is 1.22 bits per heavy atom. The van der Waals surface area contributed by atoms with Gasteiger partial charge in [0.05, 0.1) is 12.6 Å². The quantitative estimate of drug-likeness (QED) is 0.665.